The molecule has 0 spiro atoms. The van der Waals surface area contributed by atoms with Crippen molar-refractivity contribution in [2.24, 2.45) is 0 Å². The molecule has 0 fully saturated rings. The van der Waals surface area contributed by atoms with Crippen LogP contribution in [-0.4, -0.2) is 20.7 Å². The Bertz CT molecular complexity index is 1620. The maximum absolute atomic E-state index is 13.4. The summed E-state index contributed by atoms with van der Waals surface area (Å²) < 4.78 is 2.04. The second kappa shape index (κ2) is 12.7. The van der Waals surface area contributed by atoms with E-state index in [1.165, 1.54) is 11.1 Å². The summed E-state index contributed by atoms with van der Waals surface area (Å²) in [5.74, 6) is 1.12. The standard InChI is InChI=1S/C32H28Cl2N4OS/c1-21-11-14-26(15-12-21)38-30(36-37-32(38)40-20-24-10-6-7-22(2)17-24)29(18-23-8-4-3-5-9-23)35-31(39)25-13-16-27(33)28(34)19-25/h3-17,19,29H,18,20H2,1-2H3,(H,35,39). The van der Waals surface area contributed by atoms with Crippen LogP contribution in [0.25, 0.3) is 5.69 Å². The molecule has 0 bridgehead atoms. The first-order valence-electron chi connectivity index (χ1n) is 12.9. The van der Waals surface area contributed by atoms with Crippen LogP contribution in [0.2, 0.25) is 10.0 Å². The molecule has 1 amide bonds. The largest absolute Gasteiger partial charge is 0.342 e. The van der Waals surface area contributed by atoms with E-state index >= 15 is 0 Å². The first-order chi connectivity index (χ1) is 19.4. The Labute approximate surface area is 248 Å². The van der Waals surface area contributed by atoms with Gasteiger partial charge in [0, 0.05) is 17.0 Å². The van der Waals surface area contributed by atoms with Crippen molar-refractivity contribution in [1.82, 2.24) is 20.1 Å². The Morgan fingerprint density at radius 3 is 2.30 bits per heavy atom. The van der Waals surface area contributed by atoms with Gasteiger partial charge in [0.1, 0.15) is 0 Å². The van der Waals surface area contributed by atoms with Gasteiger partial charge in [0.05, 0.1) is 16.1 Å². The molecule has 1 heterocycles. The highest BCUT2D eigenvalue weighted by Gasteiger charge is 2.25. The number of nitrogens with zero attached hydrogens (tertiary/aromatic N) is 3. The lowest BCUT2D eigenvalue weighted by atomic mass is 10.0. The molecule has 202 valence electrons. The van der Waals surface area contributed by atoms with E-state index in [2.05, 4.69) is 77.9 Å². The molecular weight excluding hydrogens is 559 g/mol. The van der Waals surface area contributed by atoms with Gasteiger partial charge in [0.15, 0.2) is 11.0 Å². The fraction of sp³-hybridized carbons (Fsp3) is 0.156. The van der Waals surface area contributed by atoms with Crippen LogP contribution >= 0.6 is 35.0 Å². The number of thioether (sulfide) groups is 1. The summed E-state index contributed by atoms with van der Waals surface area (Å²) in [5, 5.41) is 13.9. The predicted octanol–water partition coefficient (Wildman–Crippen LogP) is 8.20. The molecule has 1 atom stereocenters. The Morgan fingerprint density at radius 1 is 0.825 bits per heavy atom. The van der Waals surface area contributed by atoms with Crippen LogP contribution in [-0.2, 0) is 12.2 Å². The van der Waals surface area contributed by atoms with Crippen molar-refractivity contribution >= 4 is 40.9 Å². The van der Waals surface area contributed by atoms with E-state index < -0.39 is 6.04 Å². The quantitative estimate of drug-likeness (QED) is 0.177. The Balaban J connectivity index is 1.54. The molecular formula is C32H28Cl2N4OS. The third-order valence-electron chi connectivity index (χ3n) is 6.48. The summed E-state index contributed by atoms with van der Waals surface area (Å²) in [4.78, 5) is 13.4. The van der Waals surface area contributed by atoms with Crippen molar-refractivity contribution < 1.29 is 4.79 Å². The molecule has 0 radical (unpaired) electrons. The fourth-order valence-corrected chi connectivity index (χ4v) is 5.62. The molecule has 1 unspecified atom stereocenters. The van der Waals surface area contributed by atoms with Crippen LogP contribution in [0.4, 0.5) is 0 Å². The van der Waals surface area contributed by atoms with Crippen LogP contribution in [0.15, 0.2) is 102 Å². The van der Waals surface area contributed by atoms with E-state index in [1.54, 1.807) is 30.0 Å². The number of aromatic nitrogens is 3. The monoisotopic (exact) mass is 586 g/mol. The average molecular weight is 588 g/mol. The molecule has 1 N–H and O–H groups in total. The summed E-state index contributed by atoms with van der Waals surface area (Å²) in [6.07, 6.45) is 0.528. The van der Waals surface area contributed by atoms with Gasteiger partial charge < -0.3 is 5.32 Å². The maximum atomic E-state index is 13.4. The van der Waals surface area contributed by atoms with Gasteiger partial charge in [-0.1, -0.05) is 113 Å². The first-order valence-corrected chi connectivity index (χ1v) is 14.6. The number of carbonyl (C=O) groups is 1. The highest BCUT2D eigenvalue weighted by Crippen LogP contribution is 2.30. The Hall–Kier alpha value is -3.58. The first kappa shape index (κ1) is 28.0. The molecule has 4 aromatic carbocycles. The van der Waals surface area contributed by atoms with Gasteiger partial charge >= 0.3 is 0 Å². The third kappa shape index (κ3) is 6.76. The zero-order chi connectivity index (χ0) is 28.1. The summed E-state index contributed by atoms with van der Waals surface area (Å²) in [5.41, 5.74) is 5.99. The highest BCUT2D eigenvalue weighted by atomic mass is 35.5. The van der Waals surface area contributed by atoms with Crippen molar-refractivity contribution in [2.45, 2.75) is 37.2 Å². The lowest BCUT2D eigenvalue weighted by Gasteiger charge is -2.20. The maximum Gasteiger partial charge on any atom is 0.251 e. The van der Waals surface area contributed by atoms with E-state index in [-0.39, 0.29) is 5.91 Å². The number of carbonyl (C=O) groups excluding carboxylic acids is 1. The minimum absolute atomic E-state index is 0.271. The van der Waals surface area contributed by atoms with Crippen LogP contribution in [0.1, 0.15) is 44.5 Å². The molecule has 0 saturated carbocycles. The van der Waals surface area contributed by atoms with Crippen LogP contribution in [0.5, 0.6) is 0 Å². The molecule has 0 aliphatic rings. The summed E-state index contributed by atoms with van der Waals surface area (Å²) in [6.45, 7) is 4.14. The summed E-state index contributed by atoms with van der Waals surface area (Å²) in [6, 6.07) is 31.1. The molecule has 5 rings (SSSR count). The van der Waals surface area contributed by atoms with Crippen molar-refractivity contribution in [2.75, 3.05) is 0 Å². The smallest absolute Gasteiger partial charge is 0.251 e. The zero-order valence-electron chi connectivity index (χ0n) is 22.1. The zero-order valence-corrected chi connectivity index (χ0v) is 24.5. The van der Waals surface area contributed by atoms with Gasteiger partial charge in [-0.25, -0.2) is 0 Å². The van der Waals surface area contributed by atoms with Crippen molar-refractivity contribution in [3.63, 3.8) is 0 Å². The van der Waals surface area contributed by atoms with Crippen molar-refractivity contribution in [3.8, 4) is 5.69 Å². The molecule has 40 heavy (non-hydrogen) atoms. The number of aryl methyl sites for hydroxylation is 2. The van der Waals surface area contributed by atoms with Crippen LogP contribution in [0, 0.1) is 13.8 Å². The normalized spacial score (nSPS) is 11.8. The molecule has 5 aromatic rings. The van der Waals surface area contributed by atoms with E-state index in [0.29, 0.717) is 27.9 Å². The van der Waals surface area contributed by atoms with E-state index in [1.807, 2.05) is 34.9 Å². The number of amides is 1. The second-order valence-corrected chi connectivity index (χ2v) is 11.4. The van der Waals surface area contributed by atoms with Crippen molar-refractivity contribution in [3.05, 3.63) is 141 Å². The number of hydrogen-bond acceptors (Lipinski definition) is 4. The van der Waals surface area contributed by atoms with Gasteiger partial charge in [-0.2, -0.15) is 0 Å². The lowest BCUT2D eigenvalue weighted by molar-refractivity contribution is 0.0934. The molecule has 0 aliphatic heterocycles. The Kier molecular flexibility index (Phi) is 8.90. The van der Waals surface area contributed by atoms with E-state index in [0.717, 1.165) is 27.7 Å². The van der Waals surface area contributed by atoms with Crippen molar-refractivity contribution in [1.29, 1.82) is 0 Å². The topological polar surface area (TPSA) is 59.8 Å². The molecule has 0 saturated heterocycles. The average Bonchev–Trinajstić information content (AvgIpc) is 3.38. The molecule has 8 heteroatoms. The second-order valence-electron chi connectivity index (χ2n) is 9.63. The summed E-state index contributed by atoms with van der Waals surface area (Å²) in [7, 11) is 0. The van der Waals surface area contributed by atoms with Gasteiger partial charge in [-0.15, -0.1) is 10.2 Å². The van der Waals surface area contributed by atoms with E-state index in [4.69, 9.17) is 23.2 Å². The number of hydrogen-bond donors (Lipinski definition) is 1. The fourth-order valence-electron chi connectivity index (χ4n) is 4.42. The van der Waals surface area contributed by atoms with Gasteiger partial charge in [-0.05, 0) is 61.7 Å². The lowest BCUT2D eigenvalue weighted by Crippen LogP contribution is -2.32. The molecule has 1 aromatic heterocycles. The summed E-state index contributed by atoms with van der Waals surface area (Å²) >= 11 is 13.9. The number of benzene rings is 4. The Morgan fingerprint density at radius 2 is 1.57 bits per heavy atom. The van der Waals surface area contributed by atoms with E-state index in [9.17, 15) is 4.79 Å². The SMILES string of the molecule is Cc1ccc(-n2c(SCc3cccc(C)c3)nnc2C(Cc2ccccc2)NC(=O)c2ccc(Cl)c(Cl)c2)cc1. The predicted molar refractivity (Wildman–Crippen MR) is 164 cm³/mol. The number of halogens is 2. The van der Waals surface area contributed by atoms with Gasteiger partial charge in [-0.3, -0.25) is 9.36 Å². The minimum Gasteiger partial charge on any atom is -0.342 e. The number of rotatable bonds is 9. The number of nitrogens with one attached hydrogen (secondary N) is 1. The highest BCUT2D eigenvalue weighted by molar-refractivity contribution is 7.98. The molecule has 0 aliphatic carbocycles. The van der Waals surface area contributed by atoms with Gasteiger partial charge in [0.25, 0.3) is 5.91 Å². The third-order valence-corrected chi connectivity index (χ3v) is 8.22. The van der Waals surface area contributed by atoms with Gasteiger partial charge in [0.2, 0.25) is 0 Å². The minimum atomic E-state index is -0.466. The molecule has 5 nitrogen and oxygen atoms in total. The van der Waals surface area contributed by atoms with Crippen LogP contribution in [0.3, 0.4) is 0 Å². The van der Waals surface area contributed by atoms with Crippen LogP contribution < -0.4 is 5.32 Å².